The van der Waals surface area contributed by atoms with Gasteiger partial charge in [0.2, 0.25) is 0 Å². The summed E-state index contributed by atoms with van der Waals surface area (Å²) in [7, 11) is 0. The summed E-state index contributed by atoms with van der Waals surface area (Å²) in [6.45, 7) is 2.08. The molecule has 2 aromatic carbocycles. The molecular formula is C17H18N2S2. The largest absolute Gasteiger partial charge is 0.356 e. The van der Waals surface area contributed by atoms with E-state index in [0.717, 1.165) is 17.9 Å². The molecule has 0 radical (unpaired) electrons. The molecule has 0 spiro atoms. The van der Waals surface area contributed by atoms with E-state index in [4.69, 9.17) is 12.2 Å². The first-order chi connectivity index (χ1) is 10.2. The molecule has 1 atom stereocenters. The van der Waals surface area contributed by atoms with Gasteiger partial charge in [-0.15, -0.1) is 11.8 Å². The summed E-state index contributed by atoms with van der Waals surface area (Å²) in [5, 5.41) is 7.41. The van der Waals surface area contributed by atoms with E-state index >= 15 is 0 Å². The van der Waals surface area contributed by atoms with Crippen LogP contribution in [0.1, 0.15) is 23.6 Å². The van der Waals surface area contributed by atoms with Gasteiger partial charge in [-0.25, -0.2) is 0 Å². The van der Waals surface area contributed by atoms with Crippen LogP contribution in [0.3, 0.4) is 0 Å². The number of fused-ring (bicyclic) bond motifs is 1. The average Bonchev–Trinajstić information content (AvgIpc) is 2.47. The molecule has 1 heterocycles. The van der Waals surface area contributed by atoms with E-state index in [1.54, 1.807) is 0 Å². The van der Waals surface area contributed by atoms with Gasteiger partial charge in [-0.05, 0) is 54.9 Å². The molecule has 21 heavy (non-hydrogen) atoms. The molecule has 4 heteroatoms. The zero-order chi connectivity index (χ0) is 14.7. The normalized spacial score (nSPS) is 16.9. The molecular weight excluding hydrogens is 296 g/mol. The highest BCUT2D eigenvalue weighted by atomic mass is 32.2. The molecule has 0 bridgehead atoms. The van der Waals surface area contributed by atoms with Gasteiger partial charge < -0.3 is 10.6 Å². The van der Waals surface area contributed by atoms with E-state index in [1.165, 1.54) is 16.0 Å². The van der Waals surface area contributed by atoms with Crippen LogP contribution < -0.4 is 10.6 Å². The Bertz CT molecular complexity index is 655. The van der Waals surface area contributed by atoms with Crippen LogP contribution in [0, 0.1) is 6.92 Å². The van der Waals surface area contributed by atoms with Gasteiger partial charge in [-0.3, -0.25) is 0 Å². The summed E-state index contributed by atoms with van der Waals surface area (Å²) >= 11 is 7.38. The number of hydrogen-bond acceptors (Lipinski definition) is 2. The molecule has 3 rings (SSSR count). The predicted molar refractivity (Wildman–Crippen MR) is 95.1 cm³/mol. The van der Waals surface area contributed by atoms with Crippen molar-refractivity contribution in [1.29, 1.82) is 0 Å². The second-order valence-electron chi connectivity index (χ2n) is 5.20. The van der Waals surface area contributed by atoms with Crippen molar-refractivity contribution in [3.05, 3.63) is 59.7 Å². The van der Waals surface area contributed by atoms with E-state index in [2.05, 4.69) is 54.0 Å². The van der Waals surface area contributed by atoms with Crippen LogP contribution in [0.15, 0.2) is 53.4 Å². The van der Waals surface area contributed by atoms with Crippen LogP contribution in [-0.2, 0) is 0 Å². The topological polar surface area (TPSA) is 24.1 Å². The number of nitrogens with one attached hydrogen (secondary N) is 2. The fourth-order valence-corrected chi connectivity index (χ4v) is 3.93. The minimum atomic E-state index is 0.298. The van der Waals surface area contributed by atoms with Crippen LogP contribution >= 0.6 is 24.0 Å². The first kappa shape index (κ1) is 14.4. The molecule has 2 nitrogen and oxygen atoms in total. The lowest BCUT2D eigenvalue weighted by Crippen LogP contribution is -2.33. The van der Waals surface area contributed by atoms with Crippen molar-refractivity contribution in [2.45, 2.75) is 24.3 Å². The SMILES string of the molecule is Cc1cccc(NC(=S)N[C@@H]2CCSc3ccccc32)c1. The van der Waals surface area contributed by atoms with Crippen LogP contribution in [0.25, 0.3) is 0 Å². The van der Waals surface area contributed by atoms with Gasteiger partial charge in [-0.2, -0.15) is 0 Å². The maximum atomic E-state index is 5.46. The van der Waals surface area contributed by atoms with E-state index < -0.39 is 0 Å². The van der Waals surface area contributed by atoms with Gasteiger partial charge in [-0.1, -0.05) is 30.3 Å². The fraction of sp³-hybridized carbons (Fsp3) is 0.235. The summed E-state index contributed by atoms with van der Waals surface area (Å²) < 4.78 is 0. The monoisotopic (exact) mass is 314 g/mol. The number of thioether (sulfide) groups is 1. The lowest BCUT2D eigenvalue weighted by atomic mass is 10.0. The number of aryl methyl sites for hydroxylation is 1. The van der Waals surface area contributed by atoms with Gasteiger partial charge in [0.25, 0.3) is 0 Å². The molecule has 0 saturated heterocycles. The standard InChI is InChI=1S/C17H18N2S2/c1-12-5-4-6-13(11-12)18-17(20)19-15-9-10-21-16-8-3-2-7-14(15)16/h2-8,11,15H,9-10H2,1H3,(H2,18,19,20)/t15-/m1/s1. The zero-order valence-corrected chi connectivity index (χ0v) is 13.6. The highest BCUT2D eigenvalue weighted by Crippen LogP contribution is 2.35. The Morgan fingerprint density at radius 3 is 2.90 bits per heavy atom. The molecule has 2 aromatic rings. The Hall–Kier alpha value is -1.52. The number of rotatable bonds is 2. The van der Waals surface area contributed by atoms with Crippen molar-refractivity contribution in [2.24, 2.45) is 0 Å². The minimum absolute atomic E-state index is 0.298. The van der Waals surface area contributed by atoms with Gasteiger partial charge >= 0.3 is 0 Å². The molecule has 0 aromatic heterocycles. The Morgan fingerprint density at radius 1 is 1.19 bits per heavy atom. The van der Waals surface area contributed by atoms with Gasteiger partial charge in [0.15, 0.2) is 5.11 Å². The summed E-state index contributed by atoms with van der Waals surface area (Å²) in [6, 6.07) is 17.1. The number of benzene rings is 2. The van der Waals surface area contributed by atoms with Crippen molar-refractivity contribution < 1.29 is 0 Å². The summed E-state index contributed by atoms with van der Waals surface area (Å²) in [6.07, 6.45) is 1.09. The summed E-state index contributed by atoms with van der Waals surface area (Å²) in [5.41, 5.74) is 3.61. The molecule has 0 unspecified atom stereocenters. The molecule has 1 aliphatic rings. The van der Waals surface area contributed by atoms with Crippen molar-refractivity contribution in [3.8, 4) is 0 Å². The smallest absolute Gasteiger partial charge is 0.171 e. The molecule has 0 aliphatic carbocycles. The molecule has 108 valence electrons. The molecule has 0 amide bonds. The summed E-state index contributed by atoms with van der Waals surface area (Å²) in [4.78, 5) is 1.36. The van der Waals surface area contributed by atoms with Gasteiger partial charge in [0, 0.05) is 16.3 Å². The van der Waals surface area contributed by atoms with Crippen molar-refractivity contribution in [2.75, 3.05) is 11.1 Å². The van der Waals surface area contributed by atoms with E-state index in [1.807, 2.05) is 23.9 Å². The Kier molecular flexibility index (Phi) is 4.46. The third-order valence-electron chi connectivity index (χ3n) is 3.54. The van der Waals surface area contributed by atoms with Crippen LogP contribution in [0.5, 0.6) is 0 Å². The van der Waals surface area contributed by atoms with E-state index in [0.29, 0.717) is 11.2 Å². The second kappa shape index (κ2) is 6.50. The maximum absolute atomic E-state index is 5.46. The quantitative estimate of drug-likeness (QED) is 0.796. The van der Waals surface area contributed by atoms with Crippen molar-refractivity contribution in [1.82, 2.24) is 5.32 Å². The van der Waals surface area contributed by atoms with E-state index in [-0.39, 0.29) is 0 Å². The number of thiocarbonyl (C=S) groups is 1. The van der Waals surface area contributed by atoms with Crippen LogP contribution in [-0.4, -0.2) is 10.9 Å². The zero-order valence-electron chi connectivity index (χ0n) is 11.9. The molecule has 2 N–H and O–H groups in total. The van der Waals surface area contributed by atoms with Gasteiger partial charge in [0.05, 0.1) is 6.04 Å². The van der Waals surface area contributed by atoms with Crippen LogP contribution in [0.2, 0.25) is 0 Å². The maximum Gasteiger partial charge on any atom is 0.171 e. The average molecular weight is 314 g/mol. The second-order valence-corrected chi connectivity index (χ2v) is 6.74. The molecule has 0 saturated carbocycles. The number of hydrogen-bond donors (Lipinski definition) is 2. The highest BCUT2D eigenvalue weighted by molar-refractivity contribution is 7.99. The third kappa shape index (κ3) is 3.57. The Labute approximate surface area is 135 Å². The number of anilines is 1. The Balaban J connectivity index is 1.68. The summed E-state index contributed by atoms with van der Waals surface area (Å²) in [5.74, 6) is 1.13. The van der Waals surface area contributed by atoms with Crippen molar-refractivity contribution in [3.63, 3.8) is 0 Å². The first-order valence-corrected chi connectivity index (χ1v) is 8.48. The molecule has 1 aliphatic heterocycles. The highest BCUT2D eigenvalue weighted by Gasteiger charge is 2.20. The minimum Gasteiger partial charge on any atom is -0.356 e. The first-order valence-electron chi connectivity index (χ1n) is 7.08. The molecule has 0 fully saturated rings. The third-order valence-corrected chi connectivity index (χ3v) is 4.88. The fourth-order valence-electron chi connectivity index (χ4n) is 2.54. The predicted octanol–water partition coefficient (Wildman–Crippen LogP) is 4.52. The van der Waals surface area contributed by atoms with E-state index in [9.17, 15) is 0 Å². The van der Waals surface area contributed by atoms with Crippen LogP contribution in [0.4, 0.5) is 5.69 Å². The lowest BCUT2D eigenvalue weighted by molar-refractivity contribution is 0.614. The van der Waals surface area contributed by atoms with Gasteiger partial charge in [0.1, 0.15) is 0 Å². The Morgan fingerprint density at radius 2 is 2.05 bits per heavy atom. The lowest BCUT2D eigenvalue weighted by Gasteiger charge is -2.27. The van der Waals surface area contributed by atoms with Crippen molar-refractivity contribution >= 4 is 34.8 Å².